The zero-order valence-corrected chi connectivity index (χ0v) is 21.4. The van der Waals surface area contributed by atoms with Gasteiger partial charge in [0.15, 0.2) is 5.06 Å². The van der Waals surface area contributed by atoms with Crippen molar-refractivity contribution < 1.29 is 9.53 Å². The van der Waals surface area contributed by atoms with Gasteiger partial charge in [0.05, 0.1) is 19.2 Å². The number of carbonyl (C=O) groups is 1. The Morgan fingerprint density at radius 2 is 2.12 bits per heavy atom. The van der Waals surface area contributed by atoms with Crippen LogP contribution in [0.2, 0.25) is 0 Å². The third kappa shape index (κ3) is 7.14. The van der Waals surface area contributed by atoms with Gasteiger partial charge in [-0.05, 0) is 45.9 Å². The van der Waals surface area contributed by atoms with Gasteiger partial charge < -0.3 is 14.6 Å². The van der Waals surface area contributed by atoms with E-state index in [2.05, 4.69) is 59.4 Å². The maximum atomic E-state index is 12.1. The number of thiophene rings is 1. The standard InChI is InChI=1S/C24H36N6O2S/c1-8-19(15-17(4)30-18(5)27-28-24(30)16(2)3)29(6)14-12-20(26-22(31)11-13-25)21-9-10-23(32-7)33-21/h8-10,16-17,19-20H,1,11-12,14-15H2,2-7H3,(H,26,31). The highest BCUT2D eigenvalue weighted by Crippen LogP contribution is 2.31. The summed E-state index contributed by atoms with van der Waals surface area (Å²) in [6, 6.07) is 5.97. The normalized spacial score (nSPS) is 14.0. The Bertz CT molecular complexity index is 961. The number of aromatic nitrogens is 3. The fourth-order valence-corrected chi connectivity index (χ4v) is 4.87. The lowest BCUT2D eigenvalue weighted by Crippen LogP contribution is -2.36. The summed E-state index contributed by atoms with van der Waals surface area (Å²) in [5, 5.41) is 21.3. The van der Waals surface area contributed by atoms with E-state index in [0.29, 0.717) is 12.3 Å². The number of amides is 1. The van der Waals surface area contributed by atoms with Crippen LogP contribution in [0.15, 0.2) is 24.8 Å². The Labute approximate surface area is 201 Å². The van der Waals surface area contributed by atoms with Crippen molar-refractivity contribution in [2.24, 2.45) is 0 Å². The topological polar surface area (TPSA) is 96.1 Å². The molecule has 8 nitrogen and oxygen atoms in total. The van der Waals surface area contributed by atoms with Crippen LogP contribution in [-0.4, -0.2) is 52.3 Å². The minimum Gasteiger partial charge on any atom is -0.487 e. The van der Waals surface area contributed by atoms with Gasteiger partial charge in [-0.15, -0.1) is 28.1 Å². The molecule has 9 heteroatoms. The van der Waals surface area contributed by atoms with Crippen molar-refractivity contribution in [1.82, 2.24) is 25.0 Å². The number of carbonyl (C=O) groups excluding carboxylic acids is 1. The summed E-state index contributed by atoms with van der Waals surface area (Å²) in [6.45, 7) is 13.3. The molecule has 2 rings (SSSR count). The quantitative estimate of drug-likeness (QED) is 0.435. The smallest absolute Gasteiger partial charge is 0.234 e. The largest absolute Gasteiger partial charge is 0.487 e. The third-order valence-electron chi connectivity index (χ3n) is 5.76. The Morgan fingerprint density at radius 1 is 1.39 bits per heavy atom. The summed E-state index contributed by atoms with van der Waals surface area (Å²) in [5.74, 6) is 1.95. The van der Waals surface area contributed by atoms with Crippen LogP contribution in [0.3, 0.4) is 0 Å². The number of ether oxygens (including phenoxy) is 1. The Hall–Kier alpha value is -2.70. The zero-order chi connectivity index (χ0) is 24.5. The number of nitriles is 1. The van der Waals surface area contributed by atoms with Gasteiger partial charge in [0, 0.05) is 29.4 Å². The average Bonchev–Trinajstić information content (AvgIpc) is 3.41. The second-order valence-electron chi connectivity index (χ2n) is 8.60. The molecule has 3 atom stereocenters. The molecule has 33 heavy (non-hydrogen) atoms. The molecule has 0 fully saturated rings. The van der Waals surface area contributed by atoms with E-state index in [-0.39, 0.29) is 30.5 Å². The summed E-state index contributed by atoms with van der Waals surface area (Å²) in [5.41, 5.74) is 0. The molecule has 2 aromatic rings. The summed E-state index contributed by atoms with van der Waals surface area (Å²) < 4.78 is 7.53. The van der Waals surface area contributed by atoms with Crippen molar-refractivity contribution in [1.29, 1.82) is 5.26 Å². The van der Waals surface area contributed by atoms with Crippen molar-refractivity contribution in [3.05, 3.63) is 41.3 Å². The van der Waals surface area contributed by atoms with Crippen molar-refractivity contribution in [2.45, 2.75) is 71.0 Å². The molecule has 2 heterocycles. The van der Waals surface area contributed by atoms with Gasteiger partial charge in [-0.3, -0.25) is 9.69 Å². The lowest BCUT2D eigenvalue weighted by atomic mass is 10.0. The van der Waals surface area contributed by atoms with Crippen LogP contribution >= 0.6 is 11.3 Å². The van der Waals surface area contributed by atoms with Gasteiger partial charge in [-0.2, -0.15) is 5.26 Å². The fourth-order valence-electron chi connectivity index (χ4n) is 3.97. The summed E-state index contributed by atoms with van der Waals surface area (Å²) in [7, 11) is 3.70. The molecule has 0 aliphatic carbocycles. The summed E-state index contributed by atoms with van der Waals surface area (Å²) in [6.07, 6.45) is 3.40. The number of aryl methyl sites for hydroxylation is 1. The van der Waals surface area contributed by atoms with E-state index in [1.54, 1.807) is 7.11 Å². The van der Waals surface area contributed by atoms with Gasteiger partial charge in [-0.25, -0.2) is 0 Å². The van der Waals surface area contributed by atoms with Gasteiger partial charge >= 0.3 is 0 Å². The molecule has 180 valence electrons. The van der Waals surface area contributed by atoms with E-state index in [1.165, 1.54) is 11.3 Å². The molecule has 0 bridgehead atoms. The molecule has 0 radical (unpaired) electrons. The molecule has 0 saturated carbocycles. The zero-order valence-electron chi connectivity index (χ0n) is 20.5. The molecular formula is C24H36N6O2S. The van der Waals surface area contributed by atoms with E-state index in [9.17, 15) is 4.79 Å². The van der Waals surface area contributed by atoms with Gasteiger partial charge in [0.2, 0.25) is 5.91 Å². The van der Waals surface area contributed by atoms with Crippen LogP contribution < -0.4 is 10.1 Å². The van der Waals surface area contributed by atoms with E-state index >= 15 is 0 Å². The van der Waals surface area contributed by atoms with E-state index in [4.69, 9.17) is 10.00 Å². The molecule has 2 aromatic heterocycles. The second kappa shape index (κ2) is 12.5. The summed E-state index contributed by atoms with van der Waals surface area (Å²) in [4.78, 5) is 15.4. The lowest BCUT2D eigenvalue weighted by molar-refractivity contribution is -0.120. The fraction of sp³-hybridized carbons (Fsp3) is 0.583. The highest BCUT2D eigenvalue weighted by molar-refractivity contribution is 7.13. The van der Waals surface area contributed by atoms with Crippen LogP contribution in [-0.2, 0) is 4.79 Å². The first kappa shape index (κ1) is 26.6. The maximum absolute atomic E-state index is 12.1. The molecule has 1 N–H and O–H groups in total. The number of nitrogens with one attached hydrogen (secondary N) is 1. The number of likely N-dealkylation sites (N-methyl/N-ethyl adjacent to an activating group) is 1. The maximum Gasteiger partial charge on any atom is 0.234 e. The van der Waals surface area contributed by atoms with Gasteiger partial charge in [0.1, 0.15) is 18.1 Å². The third-order valence-corrected chi connectivity index (χ3v) is 6.92. The van der Waals surface area contributed by atoms with E-state index in [0.717, 1.165) is 34.6 Å². The highest BCUT2D eigenvalue weighted by Gasteiger charge is 2.23. The molecule has 0 aliphatic heterocycles. The van der Waals surface area contributed by atoms with E-state index in [1.807, 2.05) is 31.2 Å². The number of hydrogen-bond donors (Lipinski definition) is 1. The number of methoxy groups -OCH3 is 1. The van der Waals surface area contributed by atoms with Crippen LogP contribution in [0, 0.1) is 18.3 Å². The molecular weight excluding hydrogens is 436 g/mol. The van der Waals surface area contributed by atoms with Gasteiger partial charge in [0.25, 0.3) is 0 Å². The van der Waals surface area contributed by atoms with Crippen molar-refractivity contribution >= 4 is 17.2 Å². The predicted octanol–water partition coefficient (Wildman–Crippen LogP) is 4.38. The number of nitrogens with zero attached hydrogens (tertiary/aromatic N) is 5. The second-order valence-corrected chi connectivity index (χ2v) is 9.68. The molecule has 0 aliphatic rings. The van der Waals surface area contributed by atoms with Crippen LogP contribution in [0.5, 0.6) is 5.06 Å². The van der Waals surface area contributed by atoms with Crippen molar-refractivity contribution in [3.8, 4) is 11.1 Å². The first-order valence-electron chi connectivity index (χ1n) is 11.3. The average molecular weight is 473 g/mol. The molecule has 0 spiro atoms. The first-order chi connectivity index (χ1) is 15.7. The molecule has 0 saturated heterocycles. The minimum atomic E-state index is -0.268. The van der Waals surface area contributed by atoms with Gasteiger partial charge in [-0.1, -0.05) is 19.9 Å². The van der Waals surface area contributed by atoms with E-state index < -0.39 is 0 Å². The Kier molecular flexibility index (Phi) is 10.1. The number of rotatable bonds is 13. The first-order valence-corrected chi connectivity index (χ1v) is 12.1. The summed E-state index contributed by atoms with van der Waals surface area (Å²) >= 11 is 1.51. The van der Waals surface area contributed by atoms with Crippen LogP contribution in [0.4, 0.5) is 0 Å². The Balaban J connectivity index is 2.08. The molecule has 3 unspecified atom stereocenters. The Morgan fingerprint density at radius 3 is 2.70 bits per heavy atom. The van der Waals surface area contributed by atoms with Crippen LogP contribution in [0.1, 0.15) is 74.6 Å². The van der Waals surface area contributed by atoms with Crippen molar-refractivity contribution in [3.63, 3.8) is 0 Å². The number of hydrogen-bond acceptors (Lipinski definition) is 7. The predicted molar refractivity (Wildman–Crippen MR) is 131 cm³/mol. The van der Waals surface area contributed by atoms with Crippen LogP contribution in [0.25, 0.3) is 0 Å². The van der Waals surface area contributed by atoms with Crippen molar-refractivity contribution in [2.75, 3.05) is 20.7 Å². The highest BCUT2D eigenvalue weighted by atomic mass is 32.1. The molecule has 1 amide bonds. The minimum absolute atomic E-state index is 0.148. The monoisotopic (exact) mass is 472 g/mol. The SMILES string of the molecule is C=CC(CC(C)n1c(C)nnc1C(C)C)N(C)CCC(NC(=O)CC#N)c1ccc(OC)s1. The molecule has 0 aromatic carbocycles. The lowest BCUT2D eigenvalue weighted by Gasteiger charge is -2.30.